The molecule has 2 atom stereocenters. The minimum absolute atomic E-state index is 0.0960. The standard InChI is InChI=1S/C11H22N2O3/c1-11(2,3)16-10(15)13-5-4-8(6-12)9(14)7-13/h8-9,14H,4-7,12H2,1-3H3/t8-,9?/m1/s1. The molecule has 1 rings (SSSR count). The topological polar surface area (TPSA) is 75.8 Å². The summed E-state index contributed by atoms with van der Waals surface area (Å²) in [6, 6.07) is 0. The summed E-state index contributed by atoms with van der Waals surface area (Å²) in [7, 11) is 0. The van der Waals surface area contributed by atoms with Gasteiger partial charge in [0.15, 0.2) is 0 Å². The first-order valence-corrected chi connectivity index (χ1v) is 5.69. The number of hydrogen-bond donors (Lipinski definition) is 2. The van der Waals surface area contributed by atoms with Crippen molar-refractivity contribution in [2.24, 2.45) is 11.7 Å². The Morgan fingerprint density at radius 3 is 2.62 bits per heavy atom. The number of carbonyl (C=O) groups is 1. The van der Waals surface area contributed by atoms with E-state index >= 15 is 0 Å². The van der Waals surface area contributed by atoms with Gasteiger partial charge in [0, 0.05) is 12.5 Å². The number of rotatable bonds is 1. The molecule has 0 aliphatic carbocycles. The molecule has 1 unspecified atom stereocenters. The molecule has 0 saturated carbocycles. The molecule has 3 N–H and O–H groups in total. The van der Waals surface area contributed by atoms with Gasteiger partial charge in [0.1, 0.15) is 5.60 Å². The number of ether oxygens (including phenoxy) is 1. The average Bonchev–Trinajstić information content (AvgIpc) is 2.15. The molecule has 94 valence electrons. The van der Waals surface area contributed by atoms with Gasteiger partial charge < -0.3 is 20.5 Å². The minimum atomic E-state index is -0.536. The highest BCUT2D eigenvalue weighted by Gasteiger charge is 2.31. The molecule has 1 fully saturated rings. The monoisotopic (exact) mass is 230 g/mol. The molecule has 1 heterocycles. The Labute approximate surface area is 96.6 Å². The van der Waals surface area contributed by atoms with Crippen molar-refractivity contribution in [2.45, 2.75) is 38.9 Å². The van der Waals surface area contributed by atoms with E-state index in [1.165, 1.54) is 0 Å². The van der Waals surface area contributed by atoms with Crippen LogP contribution in [0.1, 0.15) is 27.2 Å². The molecule has 0 aromatic carbocycles. The molecule has 1 amide bonds. The predicted molar refractivity (Wildman–Crippen MR) is 61.0 cm³/mol. The highest BCUT2D eigenvalue weighted by Crippen LogP contribution is 2.19. The SMILES string of the molecule is CC(C)(C)OC(=O)N1CC[C@H](CN)C(O)C1. The lowest BCUT2D eigenvalue weighted by Gasteiger charge is -2.36. The van der Waals surface area contributed by atoms with Gasteiger partial charge in [-0.2, -0.15) is 0 Å². The summed E-state index contributed by atoms with van der Waals surface area (Å²) in [4.78, 5) is 13.3. The first-order chi connectivity index (χ1) is 7.33. The van der Waals surface area contributed by atoms with Crippen molar-refractivity contribution >= 4 is 6.09 Å². The van der Waals surface area contributed by atoms with Crippen molar-refractivity contribution in [3.63, 3.8) is 0 Å². The Bertz CT molecular complexity index is 250. The first-order valence-electron chi connectivity index (χ1n) is 5.69. The van der Waals surface area contributed by atoms with Crippen molar-refractivity contribution in [3.05, 3.63) is 0 Å². The van der Waals surface area contributed by atoms with Crippen LogP contribution in [0.5, 0.6) is 0 Å². The molecule has 16 heavy (non-hydrogen) atoms. The zero-order valence-corrected chi connectivity index (χ0v) is 10.3. The second kappa shape index (κ2) is 5.01. The van der Waals surface area contributed by atoms with E-state index in [4.69, 9.17) is 10.5 Å². The van der Waals surface area contributed by atoms with Gasteiger partial charge in [-0.25, -0.2) is 4.79 Å². The average molecular weight is 230 g/mol. The molecule has 5 nitrogen and oxygen atoms in total. The Hall–Kier alpha value is -0.810. The highest BCUT2D eigenvalue weighted by molar-refractivity contribution is 5.68. The number of nitrogens with zero attached hydrogens (tertiary/aromatic N) is 1. The minimum Gasteiger partial charge on any atom is -0.444 e. The van der Waals surface area contributed by atoms with Gasteiger partial charge in [-0.3, -0.25) is 0 Å². The Kier molecular flexibility index (Phi) is 4.15. The van der Waals surface area contributed by atoms with Crippen LogP contribution in [-0.2, 0) is 4.74 Å². The van der Waals surface area contributed by atoms with Gasteiger partial charge in [-0.15, -0.1) is 0 Å². The number of piperidine rings is 1. The molecule has 5 heteroatoms. The molecule has 0 aromatic rings. The molecule has 0 spiro atoms. The van der Waals surface area contributed by atoms with Crippen LogP contribution in [0.2, 0.25) is 0 Å². The van der Waals surface area contributed by atoms with E-state index in [9.17, 15) is 9.90 Å². The Balaban J connectivity index is 2.48. The van der Waals surface area contributed by atoms with Gasteiger partial charge >= 0.3 is 6.09 Å². The van der Waals surface area contributed by atoms with Crippen LogP contribution >= 0.6 is 0 Å². The molecule has 1 saturated heterocycles. The number of carbonyl (C=O) groups excluding carboxylic acids is 1. The van der Waals surface area contributed by atoms with Crippen molar-refractivity contribution in [1.82, 2.24) is 4.90 Å². The van der Waals surface area contributed by atoms with E-state index in [0.717, 1.165) is 6.42 Å². The highest BCUT2D eigenvalue weighted by atomic mass is 16.6. The van der Waals surface area contributed by atoms with Crippen LogP contribution in [0.25, 0.3) is 0 Å². The van der Waals surface area contributed by atoms with Crippen LogP contribution in [-0.4, -0.2) is 47.4 Å². The van der Waals surface area contributed by atoms with E-state index in [1.54, 1.807) is 4.90 Å². The molecule has 0 aromatic heterocycles. The number of β-amino-alcohol motifs (C(OH)–C–C–N with tert-alkyl or cyclic N) is 1. The third-order valence-corrected chi connectivity index (χ3v) is 2.68. The van der Waals surface area contributed by atoms with Crippen molar-refractivity contribution in [3.8, 4) is 0 Å². The molecule has 1 aliphatic heterocycles. The van der Waals surface area contributed by atoms with Crippen LogP contribution in [0.3, 0.4) is 0 Å². The Morgan fingerprint density at radius 2 is 2.19 bits per heavy atom. The maximum Gasteiger partial charge on any atom is 0.410 e. The summed E-state index contributed by atoms with van der Waals surface area (Å²) >= 11 is 0. The molecule has 0 bridgehead atoms. The lowest BCUT2D eigenvalue weighted by Crippen LogP contribution is -2.49. The largest absolute Gasteiger partial charge is 0.444 e. The summed E-state index contributed by atoms with van der Waals surface area (Å²) in [6.45, 7) is 6.86. The van der Waals surface area contributed by atoms with Gasteiger partial charge in [0.25, 0.3) is 0 Å². The lowest BCUT2D eigenvalue weighted by molar-refractivity contribution is -0.0110. The van der Waals surface area contributed by atoms with Crippen LogP contribution in [0, 0.1) is 5.92 Å². The number of likely N-dealkylation sites (tertiary alicyclic amines) is 1. The summed E-state index contributed by atoms with van der Waals surface area (Å²) in [5.74, 6) is 0.0960. The second-order valence-electron chi connectivity index (χ2n) is 5.28. The van der Waals surface area contributed by atoms with Crippen molar-refractivity contribution < 1.29 is 14.6 Å². The zero-order valence-electron chi connectivity index (χ0n) is 10.3. The molecule has 1 aliphatic rings. The van der Waals surface area contributed by atoms with E-state index in [1.807, 2.05) is 20.8 Å². The summed E-state index contributed by atoms with van der Waals surface area (Å²) in [6.07, 6.45) is -0.162. The number of amides is 1. The predicted octanol–water partition coefficient (Wildman–Crippen LogP) is 0.563. The van der Waals surface area contributed by atoms with Crippen molar-refractivity contribution in [2.75, 3.05) is 19.6 Å². The normalized spacial score (nSPS) is 26.7. The first kappa shape index (κ1) is 13.3. The number of hydrogen-bond acceptors (Lipinski definition) is 4. The maximum absolute atomic E-state index is 11.7. The zero-order chi connectivity index (χ0) is 12.3. The van der Waals surface area contributed by atoms with Gasteiger partial charge in [-0.05, 0) is 33.7 Å². The molecule has 0 radical (unpaired) electrons. The van der Waals surface area contributed by atoms with Crippen LogP contribution in [0.4, 0.5) is 4.79 Å². The lowest BCUT2D eigenvalue weighted by atomic mass is 9.94. The van der Waals surface area contributed by atoms with E-state index < -0.39 is 11.7 Å². The van der Waals surface area contributed by atoms with E-state index in [2.05, 4.69) is 0 Å². The van der Waals surface area contributed by atoms with Crippen LogP contribution in [0.15, 0.2) is 0 Å². The number of nitrogens with two attached hydrogens (primary N) is 1. The fourth-order valence-corrected chi connectivity index (χ4v) is 1.75. The third kappa shape index (κ3) is 3.64. The summed E-state index contributed by atoms with van der Waals surface area (Å²) in [5, 5.41) is 9.76. The smallest absolute Gasteiger partial charge is 0.410 e. The van der Waals surface area contributed by atoms with Gasteiger partial charge in [0.2, 0.25) is 0 Å². The fraction of sp³-hybridized carbons (Fsp3) is 0.909. The van der Waals surface area contributed by atoms with Crippen molar-refractivity contribution in [1.29, 1.82) is 0 Å². The van der Waals surface area contributed by atoms with E-state index in [0.29, 0.717) is 19.6 Å². The maximum atomic E-state index is 11.7. The van der Waals surface area contributed by atoms with Crippen LogP contribution < -0.4 is 5.73 Å². The summed E-state index contributed by atoms with van der Waals surface area (Å²) < 4.78 is 5.24. The molecular weight excluding hydrogens is 208 g/mol. The van der Waals surface area contributed by atoms with E-state index in [-0.39, 0.29) is 12.0 Å². The quantitative estimate of drug-likeness (QED) is 0.690. The molecular formula is C11H22N2O3. The van der Waals surface area contributed by atoms with Gasteiger partial charge in [0.05, 0.1) is 12.6 Å². The Morgan fingerprint density at radius 1 is 1.56 bits per heavy atom. The number of aliphatic hydroxyl groups excluding tert-OH is 1. The second-order valence-corrected chi connectivity index (χ2v) is 5.28. The summed E-state index contributed by atoms with van der Waals surface area (Å²) in [5.41, 5.74) is 5.03. The third-order valence-electron chi connectivity index (χ3n) is 2.68. The van der Waals surface area contributed by atoms with Gasteiger partial charge in [-0.1, -0.05) is 0 Å². The fourth-order valence-electron chi connectivity index (χ4n) is 1.75. The number of aliphatic hydroxyl groups is 1.